The normalized spacial score (nSPS) is 12.0. The highest BCUT2D eigenvalue weighted by molar-refractivity contribution is 6.30. The number of fused-ring (bicyclic) bond motifs is 1. The Morgan fingerprint density at radius 3 is 2.65 bits per heavy atom. The minimum absolute atomic E-state index is 0.285. The van der Waals surface area contributed by atoms with Gasteiger partial charge in [0.2, 0.25) is 0 Å². The van der Waals surface area contributed by atoms with Crippen molar-refractivity contribution in [2.45, 2.75) is 6.18 Å². The van der Waals surface area contributed by atoms with E-state index in [9.17, 15) is 13.2 Å². The van der Waals surface area contributed by atoms with E-state index in [2.05, 4.69) is 10.1 Å². The molecule has 0 N–H and O–H groups in total. The third kappa shape index (κ3) is 2.22. The topological polar surface area (TPSA) is 30.2 Å². The van der Waals surface area contributed by atoms with Gasteiger partial charge in [-0.3, -0.25) is 0 Å². The van der Waals surface area contributed by atoms with Gasteiger partial charge in [-0.05, 0) is 12.1 Å². The zero-order valence-corrected chi connectivity index (χ0v) is 10.7. The number of rotatable bonds is 1. The predicted octanol–water partition coefficient (Wildman–Crippen LogP) is 4.07. The molecule has 0 amide bonds. The Hall–Kier alpha value is -2.08. The van der Waals surface area contributed by atoms with Crippen molar-refractivity contribution in [2.24, 2.45) is 0 Å². The van der Waals surface area contributed by atoms with Gasteiger partial charge in [0.15, 0.2) is 5.65 Å². The molecule has 3 rings (SSSR count). The summed E-state index contributed by atoms with van der Waals surface area (Å²) in [5, 5.41) is 4.24. The highest BCUT2D eigenvalue weighted by Crippen LogP contribution is 2.32. The first-order valence-electron chi connectivity index (χ1n) is 5.63. The van der Waals surface area contributed by atoms with Crippen LogP contribution < -0.4 is 0 Å². The highest BCUT2D eigenvalue weighted by atomic mass is 35.5. The van der Waals surface area contributed by atoms with Crippen LogP contribution in [0.2, 0.25) is 5.15 Å². The van der Waals surface area contributed by atoms with E-state index < -0.39 is 11.7 Å². The van der Waals surface area contributed by atoms with Gasteiger partial charge in [-0.2, -0.15) is 18.3 Å². The van der Waals surface area contributed by atoms with E-state index in [1.54, 1.807) is 12.1 Å². The molecule has 1 aromatic carbocycles. The van der Waals surface area contributed by atoms with Crippen molar-refractivity contribution in [3.05, 3.63) is 53.3 Å². The number of hydrogen-bond acceptors (Lipinski definition) is 2. The fourth-order valence-corrected chi connectivity index (χ4v) is 2.11. The second-order valence-electron chi connectivity index (χ2n) is 4.14. The van der Waals surface area contributed by atoms with Crippen LogP contribution in [0.5, 0.6) is 0 Å². The zero-order valence-electron chi connectivity index (χ0n) is 9.89. The molecule has 0 spiro atoms. The Balaban J connectivity index is 2.15. The monoisotopic (exact) mass is 297 g/mol. The second kappa shape index (κ2) is 4.49. The maximum Gasteiger partial charge on any atom is 0.416 e. The van der Waals surface area contributed by atoms with Crippen molar-refractivity contribution in [3.63, 3.8) is 0 Å². The van der Waals surface area contributed by atoms with Crippen molar-refractivity contribution in [1.82, 2.24) is 14.6 Å². The summed E-state index contributed by atoms with van der Waals surface area (Å²) >= 11 is 6.02. The van der Waals surface area contributed by atoms with Crippen molar-refractivity contribution < 1.29 is 13.2 Å². The van der Waals surface area contributed by atoms with E-state index in [-0.39, 0.29) is 5.15 Å². The second-order valence-corrected chi connectivity index (χ2v) is 4.53. The Labute approximate surface area is 116 Å². The smallest absolute Gasteiger partial charge is 0.228 e. The SMILES string of the molecule is FC(F)(F)c1cccc(-c2cc(Cl)n3nccc3n2)c1. The first-order chi connectivity index (χ1) is 9.45. The van der Waals surface area contributed by atoms with Gasteiger partial charge in [-0.15, -0.1) is 0 Å². The summed E-state index contributed by atoms with van der Waals surface area (Å²) in [5.74, 6) is 0. The van der Waals surface area contributed by atoms with Gasteiger partial charge in [0, 0.05) is 17.7 Å². The molecular weight excluding hydrogens is 291 g/mol. The van der Waals surface area contributed by atoms with Crippen LogP contribution in [0.1, 0.15) is 5.56 Å². The van der Waals surface area contributed by atoms with Gasteiger partial charge >= 0.3 is 6.18 Å². The van der Waals surface area contributed by atoms with Crippen LogP contribution in [0.4, 0.5) is 13.2 Å². The lowest BCUT2D eigenvalue weighted by Crippen LogP contribution is -2.04. The Morgan fingerprint density at radius 2 is 1.90 bits per heavy atom. The molecule has 3 aromatic rings. The van der Waals surface area contributed by atoms with Gasteiger partial charge in [0.05, 0.1) is 17.5 Å². The molecular formula is C13H7ClF3N3. The molecule has 3 nitrogen and oxygen atoms in total. The number of benzene rings is 1. The summed E-state index contributed by atoms with van der Waals surface area (Å²) < 4.78 is 39.5. The summed E-state index contributed by atoms with van der Waals surface area (Å²) in [6, 6.07) is 8.07. The third-order valence-electron chi connectivity index (χ3n) is 2.80. The molecule has 0 radical (unpaired) electrons. The summed E-state index contributed by atoms with van der Waals surface area (Å²) in [6.07, 6.45) is -2.87. The number of hydrogen-bond donors (Lipinski definition) is 0. The summed E-state index contributed by atoms with van der Waals surface area (Å²) in [5.41, 5.74) is 0.478. The van der Waals surface area contributed by atoms with Crippen molar-refractivity contribution in [2.75, 3.05) is 0 Å². The number of nitrogens with zero attached hydrogens (tertiary/aromatic N) is 3. The highest BCUT2D eigenvalue weighted by Gasteiger charge is 2.30. The van der Waals surface area contributed by atoms with Gasteiger partial charge < -0.3 is 0 Å². The van der Waals surface area contributed by atoms with Crippen LogP contribution in [0.25, 0.3) is 16.9 Å². The molecule has 0 unspecified atom stereocenters. The molecule has 0 saturated carbocycles. The third-order valence-corrected chi connectivity index (χ3v) is 3.07. The molecule has 0 bridgehead atoms. The molecule has 0 aliphatic rings. The van der Waals surface area contributed by atoms with Crippen molar-refractivity contribution in [1.29, 1.82) is 0 Å². The molecule has 0 aliphatic heterocycles. The summed E-state index contributed by atoms with van der Waals surface area (Å²) in [4.78, 5) is 4.24. The molecule has 20 heavy (non-hydrogen) atoms. The van der Waals surface area contributed by atoms with Crippen LogP contribution >= 0.6 is 11.6 Å². The Kier molecular flexibility index (Phi) is 2.90. The van der Waals surface area contributed by atoms with E-state index in [0.29, 0.717) is 16.9 Å². The van der Waals surface area contributed by atoms with Crippen LogP contribution in [0, 0.1) is 0 Å². The molecule has 0 aliphatic carbocycles. The number of aromatic nitrogens is 3. The fourth-order valence-electron chi connectivity index (χ4n) is 1.88. The maximum absolute atomic E-state index is 12.7. The molecule has 102 valence electrons. The zero-order chi connectivity index (χ0) is 14.3. The number of alkyl halides is 3. The van der Waals surface area contributed by atoms with E-state index in [1.165, 1.54) is 22.8 Å². The molecule has 0 atom stereocenters. The van der Waals surface area contributed by atoms with Crippen molar-refractivity contribution in [3.8, 4) is 11.3 Å². The summed E-state index contributed by atoms with van der Waals surface area (Å²) in [6.45, 7) is 0. The lowest BCUT2D eigenvalue weighted by atomic mass is 10.1. The van der Waals surface area contributed by atoms with Gasteiger partial charge in [0.1, 0.15) is 5.15 Å². The lowest BCUT2D eigenvalue weighted by Gasteiger charge is -2.09. The lowest BCUT2D eigenvalue weighted by molar-refractivity contribution is -0.137. The predicted molar refractivity (Wildman–Crippen MR) is 68.4 cm³/mol. The van der Waals surface area contributed by atoms with Gasteiger partial charge in [-0.25, -0.2) is 9.50 Å². The quantitative estimate of drug-likeness (QED) is 0.634. The minimum atomic E-state index is -4.39. The average Bonchev–Trinajstić information content (AvgIpc) is 2.87. The van der Waals surface area contributed by atoms with E-state index in [0.717, 1.165) is 12.1 Å². The van der Waals surface area contributed by atoms with E-state index >= 15 is 0 Å². The number of halogens is 4. The molecule has 2 heterocycles. The first kappa shape index (κ1) is 12.9. The van der Waals surface area contributed by atoms with Crippen molar-refractivity contribution >= 4 is 17.2 Å². The summed E-state index contributed by atoms with van der Waals surface area (Å²) in [7, 11) is 0. The maximum atomic E-state index is 12.7. The van der Waals surface area contributed by atoms with Gasteiger partial charge in [0.25, 0.3) is 0 Å². The van der Waals surface area contributed by atoms with E-state index in [4.69, 9.17) is 11.6 Å². The average molecular weight is 298 g/mol. The molecule has 0 fully saturated rings. The fraction of sp³-hybridized carbons (Fsp3) is 0.0769. The Morgan fingerprint density at radius 1 is 1.10 bits per heavy atom. The van der Waals surface area contributed by atoms with Gasteiger partial charge in [-0.1, -0.05) is 23.7 Å². The largest absolute Gasteiger partial charge is 0.416 e. The molecule has 7 heteroatoms. The van der Waals surface area contributed by atoms with Crippen LogP contribution in [-0.2, 0) is 6.18 Å². The van der Waals surface area contributed by atoms with Crippen LogP contribution in [0.15, 0.2) is 42.6 Å². The Bertz CT molecular complexity index is 780. The molecule has 2 aromatic heterocycles. The standard InChI is InChI=1S/C13H7ClF3N3/c14-11-7-10(19-12-4-5-18-20(11)12)8-2-1-3-9(6-8)13(15,16)17/h1-7H. The minimum Gasteiger partial charge on any atom is -0.228 e. The van der Waals surface area contributed by atoms with Crippen LogP contribution in [-0.4, -0.2) is 14.6 Å². The molecule has 0 saturated heterocycles. The van der Waals surface area contributed by atoms with Crippen LogP contribution in [0.3, 0.4) is 0 Å². The van der Waals surface area contributed by atoms with E-state index in [1.807, 2.05) is 0 Å². The first-order valence-corrected chi connectivity index (χ1v) is 6.01.